The van der Waals surface area contributed by atoms with Crippen LogP contribution in [0, 0.1) is 5.41 Å². The van der Waals surface area contributed by atoms with Crippen molar-refractivity contribution in [3.05, 3.63) is 0 Å². The summed E-state index contributed by atoms with van der Waals surface area (Å²) in [7, 11) is 0. The number of nitrogens with one attached hydrogen (secondary N) is 1. The molecule has 0 unspecified atom stereocenters. The van der Waals surface area contributed by atoms with Gasteiger partial charge in [0.15, 0.2) is 0 Å². The summed E-state index contributed by atoms with van der Waals surface area (Å²) in [6.07, 6.45) is 2.94. The summed E-state index contributed by atoms with van der Waals surface area (Å²) in [4.78, 5) is 0. The minimum atomic E-state index is 0. The molecule has 0 bridgehead atoms. The first-order chi connectivity index (χ1) is 3.27. The Bertz CT molecular complexity index is 63.4. The van der Waals surface area contributed by atoms with Gasteiger partial charge in [-0.2, -0.15) is 0 Å². The molecule has 0 aromatic heterocycles. The van der Waals surface area contributed by atoms with Crippen LogP contribution in [-0.2, 0) is 0 Å². The number of hydrogen-bond acceptors (Lipinski definition) is 1. The Morgan fingerprint density at radius 2 is 2.12 bits per heavy atom. The summed E-state index contributed by atoms with van der Waals surface area (Å²) in [6.45, 7) is 2.09. The van der Waals surface area contributed by atoms with Crippen LogP contribution in [0.5, 0.6) is 0 Å². The van der Waals surface area contributed by atoms with Gasteiger partial charge < -0.3 is 11.2 Å². The summed E-state index contributed by atoms with van der Waals surface area (Å²) in [5.74, 6) is 0.307. The minimum Gasteiger partial charge on any atom is -0.412 e. The molecule has 0 saturated carbocycles. The van der Waals surface area contributed by atoms with Crippen LogP contribution in [0.3, 0.4) is 0 Å². The molecule has 0 fully saturated rings. The Labute approximate surface area is 49.7 Å². The van der Waals surface area contributed by atoms with E-state index >= 15 is 0 Å². The summed E-state index contributed by atoms with van der Waals surface area (Å²) in [6, 6.07) is 0. The normalized spacial score (nSPS) is 7.62. The Balaban J connectivity index is 0. The van der Waals surface area contributed by atoms with E-state index in [9.17, 15) is 0 Å². The zero-order valence-corrected chi connectivity index (χ0v) is 5.20. The molecule has 8 heavy (non-hydrogen) atoms. The average Bonchev–Trinajstić information content (AvgIpc) is 1.61. The fourth-order valence-electron chi connectivity index (χ4n) is 0.367. The van der Waals surface area contributed by atoms with Gasteiger partial charge in [-0.05, 0) is 6.42 Å². The van der Waals surface area contributed by atoms with Gasteiger partial charge in [0.05, 0.1) is 5.84 Å². The van der Waals surface area contributed by atoms with E-state index in [2.05, 4.69) is 6.92 Å². The second-order valence-electron chi connectivity index (χ2n) is 1.63. The Morgan fingerprint density at radius 3 is 2.25 bits per heavy atom. The molecular formula is C5H14N2O. The first kappa shape index (κ1) is 10.4. The quantitative estimate of drug-likeness (QED) is 0.405. The van der Waals surface area contributed by atoms with E-state index in [0.717, 1.165) is 19.3 Å². The van der Waals surface area contributed by atoms with Crippen LogP contribution in [0.15, 0.2) is 0 Å². The third kappa shape index (κ3) is 9.06. The number of rotatable bonds is 3. The maximum absolute atomic E-state index is 6.78. The topological polar surface area (TPSA) is 81.4 Å². The predicted octanol–water partition coefficient (Wildman–Crippen LogP) is 0.288. The predicted molar refractivity (Wildman–Crippen MR) is 35.1 cm³/mol. The third-order valence-electron chi connectivity index (χ3n) is 0.800. The van der Waals surface area contributed by atoms with Crippen LogP contribution < -0.4 is 5.73 Å². The van der Waals surface area contributed by atoms with Crippen molar-refractivity contribution in [1.82, 2.24) is 0 Å². The Morgan fingerprint density at radius 1 is 1.62 bits per heavy atom. The molecule has 0 spiro atoms. The fraction of sp³-hybridized carbons (Fsp3) is 0.800. The molecule has 0 rings (SSSR count). The van der Waals surface area contributed by atoms with Crippen molar-refractivity contribution in [2.75, 3.05) is 0 Å². The van der Waals surface area contributed by atoms with Crippen molar-refractivity contribution >= 4 is 5.84 Å². The molecule has 3 heteroatoms. The molecule has 0 aromatic carbocycles. The zero-order valence-electron chi connectivity index (χ0n) is 5.20. The van der Waals surface area contributed by atoms with Crippen LogP contribution in [-0.4, -0.2) is 11.3 Å². The standard InChI is InChI=1S/C5H12N2.H2O/c1-2-3-4-5(6)7;/h2-4H2,1H3,(H3,6,7);1H2. The Hall–Kier alpha value is -0.570. The zero-order chi connectivity index (χ0) is 5.70. The van der Waals surface area contributed by atoms with Gasteiger partial charge in [-0.3, -0.25) is 5.41 Å². The second-order valence-corrected chi connectivity index (χ2v) is 1.63. The van der Waals surface area contributed by atoms with E-state index in [4.69, 9.17) is 11.1 Å². The first-order valence-electron chi connectivity index (χ1n) is 2.60. The molecule has 0 amide bonds. The minimum absolute atomic E-state index is 0. The van der Waals surface area contributed by atoms with Crippen molar-refractivity contribution in [2.45, 2.75) is 26.2 Å². The van der Waals surface area contributed by atoms with Gasteiger partial charge in [-0.1, -0.05) is 13.3 Å². The van der Waals surface area contributed by atoms with Crippen molar-refractivity contribution in [3.8, 4) is 0 Å². The molecule has 0 saturated heterocycles. The number of hydrogen-bond donors (Lipinski definition) is 2. The summed E-state index contributed by atoms with van der Waals surface area (Å²) >= 11 is 0. The van der Waals surface area contributed by atoms with Gasteiger partial charge in [0.2, 0.25) is 0 Å². The smallest absolute Gasteiger partial charge is 0.0905 e. The van der Waals surface area contributed by atoms with Crippen LogP contribution in [0.4, 0.5) is 0 Å². The lowest BCUT2D eigenvalue weighted by Gasteiger charge is -1.90. The largest absolute Gasteiger partial charge is 0.412 e. The highest BCUT2D eigenvalue weighted by Gasteiger charge is 1.83. The van der Waals surface area contributed by atoms with Crippen LogP contribution in [0.1, 0.15) is 26.2 Å². The van der Waals surface area contributed by atoms with E-state index in [1.807, 2.05) is 0 Å². The summed E-state index contributed by atoms with van der Waals surface area (Å²) < 4.78 is 0. The van der Waals surface area contributed by atoms with Crippen molar-refractivity contribution in [1.29, 1.82) is 5.41 Å². The highest BCUT2D eigenvalue weighted by Crippen LogP contribution is 1.90. The van der Waals surface area contributed by atoms with E-state index in [-0.39, 0.29) is 5.48 Å². The molecule has 0 atom stereocenters. The summed E-state index contributed by atoms with van der Waals surface area (Å²) in [5.41, 5.74) is 5.06. The van der Waals surface area contributed by atoms with Gasteiger partial charge in [-0.15, -0.1) is 0 Å². The lowest BCUT2D eigenvalue weighted by Crippen LogP contribution is -2.07. The molecule has 0 heterocycles. The van der Waals surface area contributed by atoms with Gasteiger partial charge in [0.25, 0.3) is 0 Å². The van der Waals surface area contributed by atoms with Gasteiger partial charge in [0, 0.05) is 6.42 Å². The molecule has 0 aromatic rings. The number of amidine groups is 1. The highest BCUT2D eigenvalue weighted by molar-refractivity contribution is 5.76. The number of nitrogens with two attached hydrogens (primary N) is 1. The lowest BCUT2D eigenvalue weighted by atomic mass is 10.2. The van der Waals surface area contributed by atoms with Gasteiger partial charge >= 0.3 is 0 Å². The van der Waals surface area contributed by atoms with E-state index in [1.54, 1.807) is 0 Å². The van der Waals surface area contributed by atoms with Crippen LogP contribution in [0.25, 0.3) is 0 Å². The SMILES string of the molecule is CCCCC(=N)N.O. The van der Waals surface area contributed by atoms with Crippen LogP contribution in [0.2, 0.25) is 0 Å². The molecule has 0 aliphatic rings. The van der Waals surface area contributed by atoms with Gasteiger partial charge in [-0.25, -0.2) is 0 Å². The monoisotopic (exact) mass is 118 g/mol. The molecule has 50 valence electrons. The fourth-order valence-corrected chi connectivity index (χ4v) is 0.367. The number of unbranched alkanes of at least 4 members (excludes halogenated alkanes) is 1. The average molecular weight is 118 g/mol. The maximum Gasteiger partial charge on any atom is 0.0905 e. The molecule has 0 radical (unpaired) electrons. The van der Waals surface area contributed by atoms with Crippen molar-refractivity contribution in [2.24, 2.45) is 5.73 Å². The van der Waals surface area contributed by atoms with E-state index in [1.165, 1.54) is 0 Å². The second kappa shape index (κ2) is 6.43. The molecular weight excluding hydrogens is 104 g/mol. The summed E-state index contributed by atoms with van der Waals surface area (Å²) in [5, 5.41) is 6.78. The third-order valence-corrected chi connectivity index (χ3v) is 0.800. The first-order valence-corrected chi connectivity index (χ1v) is 2.60. The molecule has 0 aliphatic carbocycles. The lowest BCUT2D eigenvalue weighted by molar-refractivity contribution is 0.824. The Kier molecular flexibility index (Phi) is 8.37. The van der Waals surface area contributed by atoms with Crippen molar-refractivity contribution in [3.63, 3.8) is 0 Å². The van der Waals surface area contributed by atoms with Crippen molar-refractivity contribution < 1.29 is 5.48 Å². The molecule has 5 N–H and O–H groups in total. The van der Waals surface area contributed by atoms with E-state index < -0.39 is 0 Å². The van der Waals surface area contributed by atoms with Crippen LogP contribution >= 0.6 is 0 Å². The molecule has 0 aliphatic heterocycles. The maximum atomic E-state index is 6.78. The van der Waals surface area contributed by atoms with Gasteiger partial charge in [0.1, 0.15) is 0 Å². The van der Waals surface area contributed by atoms with E-state index in [0.29, 0.717) is 5.84 Å². The molecule has 3 nitrogen and oxygen atoms in total. The highest BCUT2D eigenvalue weighted by atomic mass is 16.0.